The molecule has 9 rings (SSSR count). The lowest BCUT2D eigenvalue weighted by Gasteiger charge is -2.55. The molecule has 4 atom stereocenters. The number of aromatic nitrogens is 1. The van der Waals surface area contributed by atoms with E-state index in [1.165, 1.54) is 12.3 Å². The van der Waals surface area contributed by atoms with Crippen molar-refractivity contribution in [2.45, 2.75) is 76.8 Å². The molecule has 2 fully saturated rings. The van der Waals surface area contributed by atoms with Gasteiger partial charge in [-0.25, -0.2) is 18.6 Å². The standard InChI is InChI=1S/C39H40ClF2N5O5/c1-20-17-46-26(18-45(20)38(48)52-39(2,3)4)34(27-9-7-14-49-27)47-19-28(25-8-6-13-44(25)5)51-37-35(47)33(46)22-16-23(40)29(31(42)32(22)43-37)30-24(41)11-10-21-12-15-50-36(21)30/h7,10-12,14-16,20,25-26,28H,6,8-9,13,17-19H2,1-5H3/t20-,25+,26-,28-/m1/s1. The quantitative estimate of drug-likeness (QED) is 0.203. The fourth-order valence-corrected chi connectivity index (χ4v) is 8.98. The SMILES string of the molecule is C[C@@H]1CN2c3c4c(nc5c(F)c(-c6c(F)ccc7ccoc67)c(Cl)cc35)O[C@@H]([C@@H]3CCCN3C)CN4C(=C3CC=CO3)[C@H]2CN1C(=O)OC(C)(C)C. The average Bonchev–Trinajstić information content (AvgIpc) is 3.88. The van der Waals surface area contributed by atoms with Crippen molar-refractivity contribution in [1.29, 1.82) is 0 Å². The van der Waals surface area contributed by atoms with E-state index >= 15 is 8.78 Å². The predicted octanol–water partition coefficient (Wildman–Crippen LogP) is 8.21. The second-order valence-corrected chi connectivity index (χ2v) is 15.8. The number of ether oxygens (including phenoxy) is 3. The Kier molecular flexibility index (Phi) is 7.68. The molecule has 2 aromatic carbocycles. The van der Waals surface area contributed by atoms with Crippen LogP contribution in [0.1, 0.15) is 47.0 Å². The first-order valence-corrected chi connectivity index (χ1v) is 18.2. The number of hydrogen-bond acceptors (Lipinski definition) is 9. The van der Waals surface area contributed by atoms with Gasteiger partial charge in [0.15, 0.2) is 5.82 Å². The minimum Gasteiger partial charge on any atom is -0.469 e. The molecule has 0 radical (unpaired) electrons. The lowest BCUT2D eigenvalue weighted by molar-refractivity contribution is 0.0130. The van der Waals surface area contributed by atoms with Crippen LogP contribution in [0.25, 0.3) is 33.0 Å². The first-order valence-electron chi connectivity index (χ1n) is 17.9. The highest BCUT2D eigenvalue weighted by Crippen LogP contribution is 2.55. The van der Waals surface area contributed by atoms with Crippen LogP contribution in [0.5, 0.6) is 5.88 Å². The number of amides is 1. The fourth-order valence-electron chi connectivity index (χ4n) is 8.69. The molecule has 7 heterocycles. The molecule has 0 saturated carbocycles. The molecular formula is C39H40ClF2N5O5. The average molecular weight is 732 g/mol. The summed E-state index contributed by atoms with van der Waals surface area (Å²) in [6.07, 6.45) is 6.94. The zero-order valence-electron chi connectivity index (χ0n) is 29.7. The third-order valence-electron chi connectivity index (χ3n) is 11.0. The molecule has 1 amide bonds. The second kappa shape index (κ2) is 12.0. The smallest absolute Gasteiger partial charge is 0.410 e. The first kappa shape index (κ1) is 33.3. The van der Waals surface area contributed by atoms with Crippen LogP contribution >= 0.6 is 11.6 Å². The Morgan fingerprint density at radius 2 is 1.92 bits per heavy atom. The number of carbonyl (C=O) groups excluding carboxylic acids is 1. The topological polar surface area (TPSA) is 83.8 Å². The number of piperazine rings is 1. The minimum atomic E-state index is -0.774. The van der Waals surface area contributed by atoms with E-state index in [2.05, 4.69) is 21.7 Å². The van der Waals surface area contributed by atoms with Gasteiger partial charge in [-0.05, 0) is 84.5 Å². The third kappa shape index (κ3) is 5.12. The highest BCUT2D eigenvalue weighted by Gasteiger charge is 2.50. The third-order valence-corrected chi connectivity index (χ3v) is 11.3. The molecule has 10 nitrogen and oxygen atoms in total. The van der Waals surface area contributed by atoms with Gasteiger partial charge in [0.05, 0.1) is 53.6 Å². The van der Waals surface area contributed by atoms with Crippen molar-refractivity contribution in [2.24, 2.45) is 0 Å². The summed E-state index contributed by atoms with van der Waals surface area (Å²) >= 11 is 6.98. The number of anilines is 2. The van der Waals surface area contributed by atoms with Gasteiger partial charge in [-0.15, -0.1) is 0 Å². The van der Waals surface area contributed by atoms with E-state index in [1.54, 1.807) is 29.4 Å². The summed E-state index contributed by atoms with van der Waals surface area (Å²) in [5.41, 5.74) is 1.62. The molecule has 2 aromatic heterocycles. The van der Waals surface area contributed by atoms with Gasteiger partial charge in [-0.2, -0.15) is 0 Å². The van der Waals surface area contributed by atoms with Crippen molar-refractivity contribution in [3.63, 3.8) is 0 Å². The Labute approximate surface area is 305 Å². The molecule has 0 bridgehead atoms. The Hall–Kier alpha value is -4.55. The molecule has 4 aromatic rings. The highest BCUT2D eigenvalue weighted by atomic mass is 35.5. The van der Waals surface area contributed by atoms with E-state index in [4.69, 9.17) is 35.2 Å². The Balaban J connectivity index is 1.29. The van der Waals surface area contributed by atoms with Gasteiger partial charge in [0, 0.05) is 41.4 Å². The van der Waals surface area contributed by atoms with E-state index in [-0.39, 0.29) is 57.4 Å². The molecule has 13 heteroatoms. The predicted molar refractivity (Wildman–Crippen MR) is 195 cm³/mol. The van der Waals surface area contributed by atoms with Crippen molar-refractivity contribution in [1.82, 2.24) is 14.8 Å². The molecule has 0 N–H and O–H groups in total. The molecule has 5 aliphatic rings. The number of pyridine rings is 1. The van der Waals surface area contributed by atoms with Crippen molar-refractivity contribution in [3.05, 3.63) is 71.0 Å². The van der Waals surface area contributed by atoms with Crippen LogP contribution in [-0.4, -0.2) is 83.9 Å². The van der Waals surface area contributed by atoms with Gasteiger partial charge in [-0.3, -0.25) is 4.90 Å². The van der Waals surface area contributed by atoms with Crippen LogP contribution in [0, 0.1) is 11.6 Å². The van der Waals surface area contributed by atoms with Gasteiger partial charge in [0.25, 0.3) is 0 Å². The van der Waals surface area contributed by atoms with Gasteiger partial charge >= 0.3 is 6.09 Å². The summed E-state index contributed by atoms with van der Waals surface area (Å²) in [4.78, 5) is 27.1. The van der Waals surface area contributed by atoms with E-state index in [1.807, 2.05) is 33.8 Å². The second-order valence-electron chi connectivity index (χ2n) is 15.4. The van der Waals surface area contributed by atoms with Crippen LogP contribution in [0.4, 0.5) is 25.0 Å². The number of hydrogen-bond donors (Lipinski definition) is 0. The maximum atomic E-state index is 17.3. The van der Waals surface area contributed by atoms with Crippen LogP contribution in [0.3, 0.4) is 0 Å². The molecule has 272 valence electrons. The number of rotatable bonds is 2. The van der Waals surface area contributed by atoms with Gasteiger partial charge in [0.2, 0.25) is 5.88 Å². The van der Waals surface area contributed by atoms with Crippen LogP contribution in [-0.2, 0) is 9.47 Å². The number of nitrogens with zero attached hydrogens (tertiary/aromatic N) is 5. The van der Waals surface area contributed by atoms with Crippen molar-refractivity contribution in [3.8, 4) is 17.0 Å². The summed E-state index contributed by atoms with van der Waals surface area (Å²) in [5.74, 6) is -0.383. The summed E-state index contributed by atoms with van der Waals surface area (Å²) in [5, 5.41) is 1.09. The summed E-state index contributed by atoms with van der Waals surface area (Å²) in [7, 11) is 2.09. The Morgan fingerprint density at radius 3 is 2.65 bits per heavy atom. The lowest BCUT2D eigenvalue weighted by Crippen LogP contribution is -2.65. The van der Waals surface area contributed by atoms with E-state index in [9.17, 15) is 4.79 Å². The van der Waals surface area contributed by atoms with Crippen molar-refractivity contribution < 1.29 is 32.2 Å². The number of fused-ring (bicyclic) bond motifs is 5. The molecule has 0 unspecified atom stereocenters. The highest BCUT2D eigenvalue weighted by molar-refractivity contribution is 6.35. The number of likely N-dealkylation sites (N-methyl/N-ethyl adjacent to an activating group) is 1. The molecule has 0 spiro atoms. The van der Waals surface area contributed by atoms with E-state index < -0.39 is 23.3 Å². The number of furan rings is 1. The maximum absolute atomic E-state index is 17.3. The van der Waals surface area contributed by atoms with Gasteiger partial charge < -0.3 is 33.3 Å². The number of halogens is 3. The molecule has 52 heavy (non-hydrogen) atoms. The molecule has 2 saturated heterocycles. The molecular weight excluding hydrogens is 692 g/mol. The first-order chi connectivity index (χ1) is 24.9. The zero-order chi connectivity index (χ0) is 36.2. The van der Waals surface area contributed by atoms with Gasteiger partial charge in [0.1, 0.15) is 40.1 Å². The summed E-state index contributed by atoms with van der Waals surface area (Å²) < 4.78 is 57.4. The number of likely N-dealkylation sites (tertiary alicyclic amines) is 1. The van der Waals surface area contributed by atoms with Gasteiger partial charge in [-0.1, -0.05) is 11.6 Å². The zero-order valence-corrected chi connectivity index (χ0v) is 30.5. The lowest BCUT2D eigenvalue weighted by atomic mass is 9.92. The van der Waals surface area contributed by atoms with Crippen molar-refractivity contribution in [2.75, 3.05) is 43.0 Å². The minimum absolute atomic E-state index is 0.00680. The molecule has 0 aliphatic carbocycles. The Bertz CT molecular complexity index is 2200. The largest absolute Gasteiger partial charge is 0.469 e. The van der Waals surface area contributed by atoms with E-state index in [0.717, 1.165) is 30.8 Å². The normalized spacial score (nSPS) is 25.8. The fraction of sp³-hybridized carbons (Fsp3) is 0.436. The number of carbonyl (C=O) groups is 1. The van der Waals surface area contributed by atoms with Crippen LogP contribution < -0.4 is 14.5 Å². The maximum Gasteiger partial charge on any atom is 0.410 e. The number of benzene rings is 2. The summed E-state index contributed by atoms with van der Waals surface area (Å²) in [6.45, 7) is 9.66. The number of allylic oxidation sites excluding steroid dienone is 1. The monoisotopic (exact) mass is 731 g/mol. The van der Waals surface area contributed by atoms with Crippen LogP contribution in [0.2, 0.25) is 5.02 Å². The Morgan fingerprint density at radius 1 is 1.10 bits per heavy atom. The summed E-state index contributed by atoms with van der Waals surface area (Å²) in [6, 6.07) is 5.66. The van der Waals surface area contributed by atoms with Crippen LogP contribution in [0.15, 0.2) is 58.7 Å². The van der Waals surface area contributed by atoms with E-state index in [0.29, 0.717) is 48.2 Å². The van der Waals surface area contributed by atoms with Crippen molar-refractivity contribution >= 4 is 50.9 Å². The molecule has 5 aliphatic heterocycles.